The van der Waals surface area contributed by atoms with Crippen molar-refractivity contribution in [3.8, 4) is 0 Å². The fraction of sp³-hybridized carbons (Fsp3) is 0.704. The number of carbonyl (C=O) groups is 1. The van der Waals surface area contributed by atoms with Gasteiger partial charge in [-0.3, -0.25) is 14.7 Å². The van der Waals surface area contributed by atoms with E-state index in [1.165, 1.54) is 62.1 Å². The standard InChI is InChI=1S/C27H39N3OS/c1-4-6-7-20-8-10-24(11-9-20)30(19(3)31)25-18-32-26(29(25)5-2)28-27-15-21-12-22(16-27)14-23(13-21)17-27/h8-11,21-23,25H,4-7,12-18H2,1-3H3. The molecule has 4 nitrogen and oxygen atoms in total. The summed E-state index contributed by atoms with van der Waals surface area (Å²) in [4.78, 5) is 22.7. The number of benzene rings is 1. The number of nitrogens with zero attached hydrogens (tertiary/aromatic N) is 3. The number of hydrogen-bond acceptors (Lipinski definition) is 3. The van der Waals surface area contributed by atoms with Gasteiger partial charge in [-0.25, -0.2) is 0 Å². The molecule has 1 saturated heterocycles. The Morgan fingerprint density at radius 1 is 1.09 bits per heavy atom. The lowest BCUT2D eigenvalue weighted by Gasteiger charge is -2.55. The number of hydrogen-bond donors (Lipinski definition) is 0. The number of anilines is 1. The van der Waals surface area contributed by atoms with Crippen LogP contribution in [0.3, 0.4) is 0 Å². The molecule has 1 atom stereocenters. The summed E-state index contributed by atoms with van der Waals surface area (Å²) in [6.45, 7) is 7.03. The molecule has 5 aliphatic rings. The number of carbonyl (C=O) groups excluding carboxylic acids is 1. The molecular formula is C27H39N3OS. The molecule has 1 unspecified atom stereocenters. The van der Waals surface area contributed by atoms with Gasteiger partial charge in [-0.1, -0.05) is 37.2 Å². The molecule has 4 aliphatic carbocycles. The molecule has 174 valence electrons. The molecular weight excluding hydrogens is 414 g/mol. The van der Waals surface area contributed by atoms with E-state index >= 15 is 0 Å². The van der Waals surface area contributed by atoms with Gasteiger partial charge in [-0.15, -0.1) is 0 Å². The van der Waals surface area contributed by atoms with Gasteiger partial charge in [0.25, 0.3) is 0 Å². The monoisotopic (exact) mass is 453 g/mol. The molecule has 1 amide bonds. The minimum Gasteiger partial charge on any atom is -0.330 e. The third-order valence-corrected chi connectivity index (χ3v) is 9.37. The summed E-state index contributed by atoms with van der Waals surface area (Å²) < 4.78 is 0. The largest absolute Gasteiger partial charge is 0.330 e. The number of thioether (sulfide) groups is 1. The van der Waals surface area contributed by atoms with Crippen LogP contribution in [-0.2, 0) is 11.2 Å². The van der Waals surface area contributed by atoms with Gasteiger partial charge < -0.3 is 4.90 Å². The topological polar surface area (TPSA) is 35.9 Å². The molecule has 1 aliphatic heterocycles. The zero-order chi connectivity index (χ0) is 22.3. The summed E-state index contributed by atoms with van der Waals surface area (Å²) in [5.41, 5.74) is 2.55. The summed E-state index contributed by atoms with van der Waals surface area (Å²) in [6, 6.07) is 8.67. The highest BCUT2D eigenvalue weighted by molar-refractivity contribution is 8.14. The Kier molecular flexibility index (Phi) is 6.30. The Balaban J connectivity index is 1.37. The number of unbranched alkanes of at least 4 members (excludes halogenated alkanes) is 1. The maximum atomic E-state index is 12.8. The molecule has 0 radical (unpaired) electrons. The molecule has 4 bridgehead atoms. The normalized spacial score (nSPS) is 34.5. The van der Waals surface area contributed by atoms with Gasteiger partial charge in [0.15, 0.2) is 5.17 Å². The van der Waals surface area contributed by atoms with Gasteiger partial charge in [0.2, 0.25) is 5.91 Å². The summed E-state index contributed by atoms with van der Waals surface area (Å²) in [5, 5.41) is 1.19. The summed E-state index contributed by atoms with van der Waals surface area (Å²) in [7, 11) is 0. The van der Waals surface area contributed by atoms with Crippen molar-refractivity contribution in [2.75, 3.05) is 17.2 Å². The van der Waals surface area contributed by atoms with E-state index < -0.39 is 0 Å². The van der Waals surface area contributed by atoms with Crippen molar-refractivity contribution in [1.82, 2.24) is 4.90 Å². The van der Waals surface area contributed by atoms with Gasteiger partial charge in [0, 0.05) is 24.9 Å². The summed E-state index contributed by atoms with van der Waals surface area (Å²) in [6.07, 6.45) is 11.8. The third-order valence-electron chi connectivity index (χ3n) is 8.32. The Hall–Kier alpha value is -1.49. The molecule has 32 heavy (non-hydrogen) atoms. The second-order valence-corrected chi connectivity index (χ2v) is 11.8. The van der Waals surface area contributed by atoms with E-state index in [1.54, 1.807) is 6.92 Å². The van der Waals surface area contributed by atoms with Gasteiger partial charge >= 0.3 is 0 Å². The lowest BCUT2D eigenvalue weighted by Crippen LogP contribution is -2.52. The highest BCUT2D eigenvalue weighted by Crippen LogP contribution is 2.57. The van der Waals surface area contributed by atoms with Crippen molar-refractivity contribution >= 4 is 28.5 Å². The maximum absolute atomic E-state index is 12.8. The van der Waals surface area contributed by atoms with Crippen molar-refractivity contribution < 1.29 is 4.79 Å². The van der Waals surface area contributed by atoms with Crippen LogP contribution in [0.5, 0.6) is 0 Å². The van der Waals surface area contributed by atoms with E-state index in [-0.39, 0.29) is 17.6 Å². The molecule has 0 spiro atoms. The van der Waals surface area contributed by atoms with Crippen LogP contribution in [0.4, 0.5) is 5.69 Å². The van der Waals surface area contributed by atoms with Crippen LogP contribution >= 0.6 is 11.8 Å². The Labute approximate surface area is 198 Å². The second-order valence-electron chi connectivity index (χ2n) is 10.8. The fourth-order valence-corrected chi connectivity index (χ4v) is 8.58. The quantitative estimate of drug-likeness (QED) is 0.500. The molecule has 1 aromatic rings. The van der Waals surface area contributed by atoms with Crippen LogP contribution in [0.1, 0.15) is 77.7 Å². The first kappa shape index (κ1) is 22.3. The van der Waals surface area contributed by atoms with Gasteiger partial charge in [-0.2, -0.15) is 0 Å². The lowest BCUT2D eigenvalue weighted by atomic mass is 9.53. The molecule has 0 N–H and O–H groups in total. The van der Waals surface area contributed by atoms with Crippen molar-refractivity contribution in [2.24, 2.45) is 22.7 Å². The van der Waals surface area contributed by atoms with E-state index in [0.29, 0.717) is 0 Å². The van der Waals surface area contributed by atoms with E-state index in [2.05, 4.69) is 43.0 Å². The molecule has 0 aromatic heterocycles. The first-order chi connectivity index (χ1) is 15.5. The zero-order valence-electron chi connectivity index (χ0n) is 20.1. The zero-order valence-corrected chi connectivity index (χ0v) is 20.9. The minimum absolute atomic E-state index is 0.0525. The minimum atomic E-state index is 0.0525. The molecule has 1 heterocycles. The van der Waals surface area contributed by atoms with Crippen molar-refractivity contribution in [2.45, 2.75) is 90.3 Å². The molecule has 6 rings (SSSR count). The molecule has 4 saturated carbocycles. The van der Waals surface area contributed by atoms with Crippen LogP contribution in [0, 0.1) is 17.8 Å². The van der Waals surface area contributed by atoms with Gasteiger partial charge in [0.05, 0.1) is 5.54 Å². The number of aryl methyl sites for hydroxylation is 1. The summed E-state index contributed by atoms with van der Waals surface area (Å²) in [5.74, 6) is 3.73. The second kappa shape index (κ2) is 9.04. The van der Waals surface area contributed by atoms with Crippen LogP contribution in [0.2, 0.25) is 0 Å². The van der Waals surface area contributed by atoms with E-state index in [9.17, 15) is 4.79 Å². The van der Waals surface area contributed by atoms with E-state index in [0.717, 1.165) is 42.2 Å². The highest BCUT2D eigenvalue weighted by Gasteiger charge is 2.52. The first-order valence-corrected chi connectivity index (χ1v) is 13.9. The number of amidine groups is 1. The first-order valence-electron chi connectivity index (χ1n) is 12.9. The van der Waals surface area contributed by atoms with Crippen molar-refractivity contribution in [1.29, 1.82) is 0 Å². The predicted molar refractivity (Wildman–Crippen MR) is 135 cm³/mol. The maximum Gasteiger partial charge on any atom is 0.225 e. The third kappa shape index (κ3) is 4.22. The fourth-order valence-electron chi connectivity index (χ4n) is 7.28. The van der Waals surface area contributed by atoms with E-state index in [4.69, 9.17) is 4.99 Å². The predicted octanol–water partition coefficient (Wildman–Crippen LogP) is 6.10. The van der Waals surface area contributed by atoms with Gasteiger partial charge in [0.1, 0.15) is 6.17 Å². The smallest absolute Gasteiger partial charge is 0.225 e. The molecule has 5 fully saturated rings. The average Bonchev–Trinajstić information content (AvgIpc) is 3.13. The van der Waals surface area contributed by atoms with Crippen LogP contribution in [0.15, 0.2) is 29.3 Å². The van der Waals surface area contributed by atoms with Crippen LogP contribution in [0.25, 0.3) is 0 Å². The Bertz CT molecular complexity index is 829. The van der Waals surface area contributed by atoms with Crippen molar-refractivity contribution in [3.63, 3.8) is 0 Å². The van der Waals surface area contributed by atoms with Crippen LogP contribution in [-0.4, -0.2) is 40.0 Å². The van der Waals surface area contributed by atoms with Gasteiger partial charge in [-0.05, 0) is 93.7 Å². The van der Waals surface area contributed by atoms with Crippen LogP contribution < -0.4 is 4.90 Å². The highest BCUT2D eigenvalue weighted by atomic mass is 32.2. The SMILES string of the molecule is CCCCc1ccc(N(C(C)=O)C2CSC(=NC34CC5CC(CC(C5)C3)C4)N2CC)cc1. The molecule has 5 heteroatoms. The molecule has 1 aromatic carbocycles. The number of rotatable bonds is 7. The Morgan fingerprint density at radius 3 is 2.25 bits per heavy atom. The Morgan fingerprint density at radius 2 is 1.72 bits per heavy atom. The lowest BCUT2D eigenvalue weighted by molar-refractivity contribution is -0.117. The average molecular weight is 454 g/mol. The summed E-state index contributed by atoms with van der Waals surface area (Å²) >= 11 is 1.87. The van der Waals surface area contributed by atoms with Crippen molar-refractivity contribution in [3.05, 3.63) is 29.8 Å². The number of amides is 1. The van der Waals surface area contributed by atoms with E-state index in [1.807, 2.05) is 16.7 Å². The number of aliphatic imine (C=N–C) groups is 1.